The van der Waals surface area contributed by atoms with E-state index in [-0.39, 0.29) is 17.6 Å². The maximum absolute atomic E-state index is 13.4. The topological polar surface area (TPSA) is 127 Å². The number of hydrogen-bond donors (Lipinski definition) is 3. The van der Waals surface area contributed by atoms with Gasteiger partial charge in [-0.1, -0.05) is 43.0 Å². The maximum atomic E-state index is 13.4. The van der Waals surface area contributed by atoms with E-state index in [2.05, 4.69) is 32.3 Å². The molecule has 0 atom stereocenters. The Labute approximate surface area is 202 Å². The van der Waals surface area contributed by atoms with Gasteiger partial charge in [-0.05, 0) is 49.8 Å². The van der Waals surface area contributed by atoms with Gasteiger partial charge in [-0.25, -0.2) is 14.1 Å². The summed E-state index contributed by atoms with van der Waals surface area (Å²) in [5.74, 6) is -1.50. The van der Waals surface area contributed by atoms with Crippen molar-refractivity contribution in [3.05, 3.63) is 90.9 Å². The highest BCUT2D eigenvalue weighted by atomic mass is 19.1. The zero-order chi connectivity index (χ0) is 25.4. The van der Waals surface area contributed by atoms with E-state index in [0.29, 0.717) is 17.9 Å². The largest absolute Gasteiger partial charge is 0.379 e. The number of aromatic nitrogens is 3. The van der Waals surface area contributed by atoms with E-state index in [9.17, 15) is 14.0 Å². The highest BCUT2D eigenvalue weighted by Crippen LogP contribution is 2.21. The van der Waals surface area contributed by atoms with Gasteiger partial charge in [-0.3, -0.25) is 14.9 Å². The number of benzene rings is 2. The summed E-state index contributed by atoms with van der Waals surface area (Å²) < 4.78 is 15.1. The van der Waals surface area contributed by atoms with Gasteiger partial charge >= 0.3 is 0 Å². The third-order valence-electron chi connectivity index (χ3n) is 4.84. The Morgan fingerprint density at radius 2 is 1.86 bits per heavy atom. The van der Waals surface area contributed by atoms with Crippen LogP contribution in [0.25, 0.3) is 11.4 Å². The summed E-state index contributed by atoms with van der Waals surface area (Å²) in [6.07, 6.45) is 4.31. The van der Waals surface area contributed by atoms with Gasteiger partial charge in [0, 0.05) is 11.8 Å². The van der Waals surface area contributed by atoms with Gasteiger partial charge in [0.2, 0.25) is 5.95 Å². The Bertz CT molecular complexity index is 1260. The Balaban J connectivity index is 1.82. The van der Waals surface area contributed by atoms with Crippen LogP contribution >= 0.6 is 0 Å². The van der Waals surface area contributed by atoms with Crippen molar-refractivity contribution in [3.8, 4) is 11.4 Å². The predicted octanol–water partition coefficient (Wildman–Crippen LogP) is 3.02. The number of anilines is 1. The van der Waals surface area contributed by atoms with Crippen molar-refractivity contribution in [2.45, 2.75) is 25.9 Å². The van der Waals surface area contributed by atoms with Crippen molar-refractivity contribution >= 4 is 23.6 Å². The third kappa shape index (κ3) is 6.70. The number of aliphatic imine (C=N–C) groups is 1. The average Bonchev–Trinajstić information content (AvgIpc) is 3.21. The molecule has 10 heteroatoms. The molecule has 0 bridgehead atoms. The molecule has 0 aliphatic rings. The van der Waals surface area contributed by atoms with Crippen molar-refractivity contribution < 1.29 is 14.0 Å². The summed E-state index contributed by atoms with van der Waals surface area (Å²) in [6, 6.07) is 15.4. The molecule has 180 valence electrons. The number of amides is 2. The number of carbonyl (C=O) groups is 2. The molecule has 0 aliphatic heterocycles. The average molecular weight is 476 g/mol. The number of amidine groups is 1. The van der Waals surface area contributed by atoms with Gasteiger partial charge in [0.1, 0.15) is 11.4 Å². The molecule has 0 aliphatic carbocycles. The summed E-state index contributed by atoms with van der Waals surface area (Å²) in [6.45, 7) is 6.89. The zero-order valence-corrected chi connectivity index (χ0v) is 19.4. The van der Waals surface area contributed by atoms with Crippen LogP contribution in [0.5, 0.6) is 0 Å². The normalized spacial score (nSPS) is 11.9. The Kier molecular flexibility index (Phi) is 7.88. The van der Waals surface area contributed by atoms with Crippen LogP contribution in [0.2, 0.25) is 0 Å². The Morgan fingerprint density at radius 1 is 1.17 bits per heavy atom. The molecule has 9 nitrogen and oxygen atoms in total. The fourth-order valence-electron chi connectivity index (χ4n) is 2.98. The number of nitrogens with zero attached hydrogens (tertiary/aromatic N) is 4. The van der Waals surface area contributed by atoms with Gasteiger partial charge in [0.15, 0.2) is 11.7 Å². The number of rotatable bonds is 8. The lowest BCUT2D eigenvalue weighted by Gasteiger charge is -2.24. The van der Waals surface area contributed by atoms with Crippen LogP contribution in [0.1, 0.15) is 19.4 Å². The molecule has 0 saturated carbocycles. The van der Waals surface area contributed by atoms with Gasteiger partial charge in [-0.15, -0.1) is 5.10 Å². The SMILES string of the molecule is C=C/C=C\N=C(N)C(=O)NC(C)(C)C(=O)Nc1nc(-c2ccc(F)cc2)n(Cc2ccccc2)n1. The lowest BCUT2D eigenvalue weighted by atomic mass is 10.0. The summed E-state index contributed by atoms with van der Waals surface area (Å²) in [7, 11) is 0. The zero-order valence-electron chi connectivity index (χ0n) is 19.4. The molecule has 1 heterocycles. The smallest absolute Gasteiger partial charge is 0.287 e. The lowest BCUT2D eigenvalue weighted by molar-refractivity contribution is -0.126. The molecule has 0 radical (unpaired) electrons. The molecule has 2 aromatic carbocycles. The number of nitrogens with one attached hydrogen (secondary N) is 2. The quantitative estimate of drug-likeness (QED) is 0.262. The minimum absolute atomic E-state index is 0.0307. The standard InChI is InChI=1S/C25H26FN7O2/c1-4-5-15-28-20(27)22(34)31-25(2,3)23(35)30-24-29-21(18-11-13-19(26)14-12-18)33(32-24)16-17-9-7-6-8-10-17/h4-15H,1,16H2,2-3H3,(H2,27,28)(H,31,34)(H,30,32,35)/b15-5-. The molecular weight excluding hydrogens is 449 g/mol. The maximum Gasteiger partial charge on any atom is 0.287 e. The molecule has 3 aromatic rings. The van der Waals surface area contributed by atoms with Gasteiger partial charge in [0.25, 0.3) is 11.8 Å². The van der Waals surface area contributed by atoms with Crippen molar-refractivity contribution in [1.29, 1.82) is 0 Å². The summed E-state index contributed by atoms with van der Waals surface area (Å²) in [5.41, 5.74) is 5.88. The number of nitrogens with two attached hydrogens (primary N) is 1. The van der Waals surface area contributed by atoms with Gasteiger partial charge in [-0.2, -0.15) is 4.98 Å². The fourth-order valence-corrected chi connectivity index (χ4v) is 2.98. The predicted molar refractivity (Wildman–Crippen MR) is 133 cm³/mol. The first-order chi connectivity index (χ1) is 16.7. The summed E-state index contributed by atoms with van der Waals surface area (Å²) in [5, 5.41) is 9.58. The number of allylic oxidation sites excluding steroid dienone is 2. The molecule has 35 heavy (non-hydrogen) atoms. The van der Waals surface area contributed by atoms with Crippen LogP contribution < -0.4 is 16.4 Å². The van der Waals surface area contributed by atoms with E-state index in [1.165, 1.54) is 44.3 Å². The second kappa shape index (κ2) is 11.0. The highest BCUT2D eigenvalue weighted by Gasteiger charge is 2.31. The minimum Gasteiger partial charge on any atom is -0.379 e. The molecule has 0 saturated heterocycles. The van der Waals surface area contributed by atoms with E-state index in [1.54, 1.807) is 16.8 Å². The Morgan fingerprint density at radius 3 is 2.51 bits per heavy atom. The molecule has 0 spiro atoms. The minimum atomic E-state index is -1.36. The molecular formula is C25H26FN7O2. The van der Waals surface area contributed by atoms with E-state index >= 15 is 0 Å². The van der Waals surface area contributed by atoms with E-state index in [1.807, 2.05) is 30.3 Å². The third-order valence-corrected chi connectivity index (χ3v) is 4.84. The highest BCUT2D eigenvalue weighted by molar-refractivity contribution is 6.38. The monoisotopic (exact) mass is 475 g/mol. The fraction of sp³-hybridized carbons (Fsp3) is 0.160. The van der Waals surface area contributed by atoms with E-state index in [0.717, 1.165) is 5.56 Å². The van der Waals surface area contributed by atoms with Crippen LogP contribution in [0.3, 0.4) is 0 Å². The van der Waals surface area contributed by atoms with Crippen LogP contribution in [0.15, 0.2) is 84.5 Å². The van der Waals surface area contributed by atoms with Crippen LogP contribution in [-0.4, -0.2) is 38.0 Å². The Hall–Kier alpha value is -4.60. The first-order valence-electron chi connectivity index (χ1n) is 10.7. The van der Waals surface area contributed by atoms with Crippen molar-refractivity contribution in [1.82, 2.24) is 20.1 Å². The summed E-state index contributed by atoms with van der Waals surface area (Å²) >= 11 is 0. The first-order valence-corrected chi connectivity index (χ1v) is 10.7. The van der Waals surface area contributed by atoms with Crippen molar-refractivity contribution in [2.24, 2.45) is 10.7 Å². The van der Waals surface area contributed by atoms with Crippen LogP contribution in [0, 0.1) is 5.82 Å². The molecule has 1 aromatic heterocycles. The number of carbonyl (C=O) groups excluding carboxylic acids is 2. The second-order valence-electron chi connectivity index (χ2n) is 8.03. The van der Waals surface area contributed by atoms with Crippen LogP contribution in [-0.2, 0) is 16.1 Å². The van der Waals surface area contributed by atoms with Crippen LogP contribution in [0.4, 0.5) is 10.3 Å². The first kappa shape index (κ1) is 25.0. The van der Waals surface area contributed by atoms with Gasteiger partial charge < -0.3 is 11.1 Å². The lowest BCUT2D eigenvalue weighted by Crippen LogP contribution is -2.55. The van der Waals surface area contributed by atoms with E-state index < -0.39 is 17.4 Å². The van der Waals surface area contributed by atoms with Crippen molar-refractivity contribution in [2.75, 3.05) is 5.32 Å². The molecule has 4 N–H and O–H groups in total. The second-order valence-corrected chi connectivity index (χ2v) is 8.03. The summed E-state index contributed by atoms with van der Waals surface area (Å²) in [4.78, 5) is 33.5. The number of hydrogen-bond acceptors (Lipinski definition) is 5. The molecule has 0 unspecified atom stereocenters. The number of halogens is 1. The van der Waals surface area contributed by atoms with Gasteiger partial charge in [0.05, 0.1) is 6.54 Å². The van der Waals surface area contributed by atoms with Crippen molar-refractivity contribution in [3.63, 3.8) is 0 Å². The molecule has 3 rings (SSSR count). The van der Waals surface area contributed by atoms with E-state index in [4.69, 9.17) is 5.73 Å². The molecule has 2 amide bonds. The molecule has 0 fully saturated rings.